The molecule has 4 rings (SSSR count). The number of hydrogen-bond donors (Lipinski definition) is 0. The van der Waals surface area contributed by atoms with Crippen LogP contribution in [-0.2, 0) is 11.2 Å². The van der Waals surface area contributed by atoms with Gasteiger partial charge in [-0.1, -0.05) is 36.1 Å². The Bertz CT molecular complexity index is 1420. The van der Waals surface area contributed by atoms with Crippen molar-refractivity contribution in [3.8, 4) is 23.0 Å². The molecule has 1 nitrogen and oxygen atoms in total. The highest BCUT2D eigenvalue weighted by Crippen LogP contribution is 2.26. The highest BCUT2D eigenvalue weighted by atomic mass is 19.2. The van der Waals surface area contributed by atoms with Crippen molar-refractivity contribution in [2.45, 2.75) is 6.42 Å². The maximum atomic E-state index is 14.6. The Morgan fingerprint density at radius 3 is 2.27 bits per heavy atom. The highest BCUT2D eigenvalue weighted by molar-refractivity contribution is 5.84. The predicted octanol–water partition coefficient (Wildman–Crippen LogP) is 6.79. The van der Waals surface area contributed by atoms with Crippen LogP contribution < -0.4 is 0 Å². The Labute approximate surface area is 187 Å². The van der Waals surface area contributed by atoms with E-state index in [1.807, 2.05) is 0 Å². The average Bonchev–Trinajstić information content (AvgIpc) is 2.80. The van der Waals surface area contributed by atoms with E-state index in [9.17, 15) is 22.0 Å². The highest BCUT2D eigenvalue weighted by Gasteiger charge is 2.13. The number of benzene rings is 4. The van der Waals surface area contributed by atoms with Crippen LogP contribution in [0, 0.1) is 40.9 Å². The molecule has 0 spiro atoms. The molecule has 0 aliphatic heterocycles. The first-order valence-corrected chi connectivity index (χ1v) is 10.0. The first-order chi connectivity index (χ1) is 15.9. The van der Waals surface area contributed by atoms with Crippen LogP contribution in [0.2, 0.25) is 0 Å². The van der Waals surface area contributed by atoms with Crippen molar-refractivity contribution < 1.29 is 26.7 Å². The molecule has 0 amide bonds. The topological polar surface area (TPSA) is 9.23 Å². The summed E-state index contributed by atoms with van der Waals surface area (Å²) in [5.74, 6) is 0.185. The summed E-state index contributed by atoms with van der Waals surface area (Å²) in [6, 6.07) is 13.9. The minimum absolute atomic E-state index is 0.0763. The molecular weight excluding hydrogens is 435 g/mol. The van der Waals surface area contributed by atoms with E-state index in [0.717, 1.165) is 11.6 Å². The molecule has 0 fully saturated rings. The van der Waals surface area contributed by atoms with E-state index in [-0.39, 0.29) is 21.9 Å². The molecule has 0 radical (unpaired) electrons. The van der Waals surface area contributed by atoms with Crippen molar-refractivity contribution in [3.05, 3.63) is 106 Å². The monoisotopic (exact) mass is 452 g/mol. The molecule has 0 unspecified atom stereocenters. The summed E-state index contributed by atoms with van der Waals surface area (Å²) in [5, 5.41) is 0.0590. The normalized spacial score (nSPS) is 10.8. The van der Waals surface area contributed by atoms with Crippen molar-refractivity contribution >= 4 is 10.8 Å². The van der Waals surface area contributed by atoms with Crippen molar-refractivity contribution in [1.29, 1.82) is 0 Å². The van der Waals surface area contributed by atoms with Crippen molar-refractivity contribution in [2.75, 3.05) is 13.7 Å². The third-order valence-electron chi connectivity index (χ3n) is 5.22. The lowest BCUT2D eigenvalue weighted by atomic mass is 10.0. The van der Waals surface area contributed by atoms with Gasteiger partial charge < -0.3 is 4.74 Å². The van der Waals surface area contributed by atoms with Crippen LogP contribution in [0.3, 0.4) is 0 Å². The van der Waals surface area contributed by atoms with E-state index >= 15 is 0 Å². The summed E-state index contributed by atoms with van der Waals surface area (Å²) < 4.78 is 74.8. The first-order valence-electron chi connectivity index (χ1n) is 10.0. The second-order valence-corrected chi connectivity index (χ2v) is 7.42. The largest absolute Gasteiger partial charge is 0.384 e. The Kier molecular flexibility index (Phi) is 6.43. The van der Waals surface area contributed by atoms with Crippen LogP contribution >= 0.6 is 0 Å². The number of ether oxygens (including phenoxy) is 1. The Balaban J connectivity index is 1.61. The Morgan fingerprint density at radius 2 is 1.55 bits per heavy atom. The van der Waals surface area contributed by atoms with E-state index in [1.54, 1.807) is 25.3 Å². The lowest BCUT2D eigenvalue weighted by Gasteiger charge is -2.07. The average molecular weight is 452 g/mol. The third-order valence-corrected chi connectivity index (χ3v) is 5.22. The lowest BCUT2D eigenvalue weighted by Crippen LogP contribution is -1.96. The molecule has 0 saturated carbocycles. The Hall–Kier alpha value is -3.69. The lowest BCUT2D eigenvalue weighted by molar-refractivity contribution is 0.202. The smallest absolute Gasteiger partial charge is 0.195 e. The van der Waals surface area contributed by atoms with E-state index in [1.165, 1.54) is 36.4 Å². The molecule has 0 atom stereocenters. The standard InChI is InChI=1S/C27H17F5O/c1-33-11-10-17-3-8-21(24(29)13-17)19-7-6-18(23(28)14-19)5-2-16-4-9-22-20(12-16)15-25(30)27(32)26(22)31/h3-4,6-9,12-15H,10-11H2,1H3. The van der Waals surface area contributed by atoms with Crippen LogP contribution in [0.1, 0.15) is 16.7 Å². The van der Waals surface area contributed by atoms with E-state index in [4.69, 9.17) is 4.74 Å². The maximum absolute atomic E-state index is 14.6. The van der Waals surface area contributed by atoms with Gasteiger partial charge in [0.1, 0.15) is 11.6 Å². The number of fused-ring (bicyclic) bond motifs is 1. The van der Waals surface area contributed by atoms with Crippen molar-refractivity contribution in [3.63, 3.8) is 0 Å². The minimum atomic E-state index is -1.54. The van der Waals surface area contributed by atoms with Crippen LogP contribution in [0.25, 0.3) is 21.9 Å². The fraction of sp³-hybridized carbons (Fsp3) is 0.111. The summed E-state index contributed by atoms with van der Waals surface area (Å²) in [5.41, 5.74) is 1.85. The SMILES string of the molecule is COCCc1ccc(-c2ccc(C#Cc3ccc4c(F)c(F)c(F)cc4c3)c(F)c2)c(F)c1. The van der Waals surface area contributed by atoms with Gasteiger partial charge in [0.2, 0.25) is 0 Å². The van der Waals surface area contributed by atoms with Crippen LogP contribution in [-0.4, -0.2) is 13.7 Å². The second-order valence-electron chi connectivity index (χ2n) is 7.42. The molecule has 0 aromatic heterocycles. The molecule has 0 heterocycles. The van der Waals surface area contributed by atoms with Gasteiger partial charge in [-0.2, -0.15) is 0 Å². The van der Waals surface area contributed by atoms with Gasteiger partial charge in [0.25, 0.3) is 0 Å². The quantitative estimate of drug-likeness (QED) is 0.188. The van der Waals surface area contributed by atoms with Gasteiger partial charge in [-0.25, -0.2) is 22.0 Å². The zero-order valence-corrected chi connectivity index (χ0v) is 17.5. The summed E-state index contributed by atoms with van der Waals surface area (Å²) in [6.07, 6.45) is 0.569. The van der Waals surface area contributed by atoms with Gasteiger partial charge in [0.15, 0.2) is 17.5 Å². The fourth-order valence-corrected chi connectivity index (χ4v) is 3.47. The van der Waals surface area contributed by atoms with Crippen LogP contribution in [0.5, 0.6) is 0 Å². The minimum Gasteiger partial charge on any atom is -0.384 e. The summed E-state index contributed by atoms with van der Waals surface area (Å²) in [6.45, 7) is 0.471. The molecule has 0 aliphatic carbocycles. The van der Waals surface area contributed by atoms with E-state index in [0.29, 0.717) is 24.2 Å². The number of rotatable bonds is 4. The molecule has 6 heteroatoms. The fourth-order valence-electron chi connectivity index (χ4n) is 3.47. The van der Waals surface area contributed by atoms with Gasteiger partial charge in [-0.3, -0.25) is 0 Å². The third kappa shape index (κ3) is 4.74. The van der Waals surface area contributed by atoms with Crippen LogP contribution in [0.4, 0.5) is 22.0 Å². The molecule has 0 saturated heterocycles. The molecule has 4 aromatic rings. The van der Waals surface area contributed by atoms with Crippen molar-refractivity contribution in [1.82, 2.24) is 0 Å². The van der Waals surface area contributed by atoms with Gasteiger partial charge in [-0.15, -0.1) is 0 Å². The van der Waals surface area contributed by atoms with Gasteiger partial charge in [0, 0.05) is 23.6 Å². The number of halogens is 5. The molecule has 4 aromatic carbocycles. The van der Waals surface area contributed by atoms with E-state index < -0.39 is 29.1 Å². The van der Waals surface area contributed by atoms with Crippen molar-refractivity contribution in [2.24, 2.45) is 0 Å². The second kappa shape index (κ2) is 9.43. The van der Waals surface area contributed by atoms with E-state index in [2.05, 4.69) is 11.8 Å². The molecule has 0 aliphatic rings. The molecule has 166 valence electrons. The number of methoxy groups -OCH3 is 1. The molecule has 0 bridgehead atoms. The van der Waals surface area contributed by atoms with Crippen LogP contribution in [0.15, 0.2) is 60.7 Å². The molecule has 0 N–H and O–H groups in total. The van der Waals surface area contributed by atoms with Gasteiger partial charge in [0.05, 0.1) is 12.2 Å². The van der Waals surface area contributed by atoms with Gasteiger partial charge >= 0.3 is 0 Å². The predicted molar refractivity (Wildman–Crippen MR) is 117 cm³/mol. The summed E-state index contributed by atoms with van der Waals surface area (Å²) >= 11 is 0. The first kappa shape index (κ1) is 22.5. The molecule has 33 heavy (non-hydrogen) atoms. The maximum Gasteiger partial charge on any atom is 0.195 e. The molecular formula is C27H17F5O. The Morgan fingerprint density at radius 1 is 0.727 bits per heavy atom. The van der Waals surface area contributed by atoms with Gasteiger partial charge in [-0.05, 0) is 59.3 Å². The zero-order chi connectivity index (χ0) is 23.5. The summed E-state index contributed by atoms with van der Waals surface area (Å²) in [7, 11) is 1.57. The summed E-state index contributed by atoms with van der Waals surface area (Å²) in [4.78, 5) is 0. The number of hydrogen-bond acceptors (Lipinski definition) is 1. The zero-order valence-electron chi connectivity index (χ0n) is 17.5.